The second kappa shape index (κ2) is 6.84. The number of benzene rings is 1. The van der Waals surface area contributed by atoms with Crippen LogP contribution in [0.15, 0.2) is 41.8 Å². The van der Waals surface area contributed by atoms with Crippen LogP contribution < -0.4 is 10.0 Å². The molecule has 6 nitrogen and oxygen atoms in total. The third kappa shape index (κ3) is 3.90. The fourth-order valence-electron chi connectivity index (χ4n) is 2.14. The van der Waals surface area contributed by atoms with Crippen LogP contribution in [-0.2, 0) is 23.1 Å². The molecule has 0 saturated carbocycles. The van der Waals surface area contributed by atoms with Gasteiger partial charge in [0.15, 0.2) is 0 Å². The highest BCUT2D eigenvalue weighted by Gasteiger charge is 2.17. The molecule has 0 aliphatic carbocycles. The van der Waals surface area contributed by atoms with Gasteiger partial charge < -0.3 is 9.88 Å². The van der Waals surface area contributed by atoms with Crippen molar-refractivity contribution in [2.24, 2.45) is 0 Å². The average Bonchev–Trinajstić information content (AvgIpc) is 2.94. The normalized spacial score (nSPS) is 11.7. The Morgan fingerprint density at radius 2 is 2.14 bits per heavy atom. The Kier molecular flexibility index (Phi) is 5.11. The molecular weight excluding hydrogens is 288 g/mol. The van der Waals surface area contributed by atoms with Gasteiger partial charge >= 0.3 is 0 Å². The summed E-state index contributed by atoms with van der Waals surface area (Å²) >= 11 is 0. The van der Waals surface area contributed by atoms with E-state index in [1.165, 1.54) is 0 Å². The molecule has 2 N–H and O–H groups in total. The fraction of sp³-hybridized carbons (Fsp3) is 0.357. The fourth-order valence-corrected chi connectivity index (χ4v) is 3.45. The topological polar surface area (TPSA) is 76.0 Å². The van der Waals surface area contributed by atoms with Gasteiger partial charge in [0.2, 0.25) is 10.0 Å². The smallest absolute Gasteiger partial charge is 0.240 e. The average molecular weight is 308 g/mol. The zero-order valence-electron chi connectivity index (χ0n) is 12.2. The standard InChI is InChI=1S/C14H20N4O2S/c1-12-13(10-15-2)4-3-5-14(12)21(19,20)17-7-9-18-8-6-16-11-18/h3-6,8,11,15,17H,7,9-10H2,1-2H3. The van der Waals surface area contributed by atoms with E-state index in [-0.39, 0.29) is 0 Å². The van der Waals surface area contributed by atoms with Crippen molar-refractivity contribution in [3.63, 3.8) is 0 Å². The number of hydrogen-bond acceptors (Lipinski definition) is 4. The SMILES string of the molecule is CNCc1cccc(S(=O)(=O)NCCn2ccnc2)c1C. The summed E-state index contributed by atoms with van der Waals surface area (Å²) < 4.78 is 29.2. The molecule has 2 aromatic rings. The van der Waals surface area contributed by atoms with Gasteiger partial charge in [-0.3, -0.25) is 0 Å². The molecule has 0 fully saturated rings. The lowest BCUT2D eigenvalue weighted by Crippen LogP contribution is -2.28. The summed E-state index contributed by atoms with van der Waals surface area (Å²) in [4.78, 5) is 4.25. The van der Waals surface area contributed by atoms with Crippen molar-refractivity contribution in [1.29, 1.82) is 0 Å². The third-order valence-electron chi connectivity index (χ3n) is 3.27. The Bertz CT molecular complexity index is 681. The summed E-state index contributed by atoms with van der Waals surface area (Å²) in [5.41, 5.74) is 1.76. The predicted molar refractivity (Wildman–Crippen MR) is 81.4 cm³/mol. The molecule has 0 bridgehead atoms. The molecule has 21 heavy (non-hydrogen) atoms. The molecule has 0 radical (unpaired) electrons. The third-order valence-corrected chi connectivity index (χ3v) is 4.88. The van der Waals surface area contributed by atoms with E-state index in [0.717, 1.165) is 11.1 Å². The van der Waals surface area contributed by atoms with Crippen LogP contribution in [0.4, 0.5) is 0 Å². The van der Waals surface area contributed by atoms with Crippen molar-refractivity contribution in [2.75, 3.05) is 13.6 Å². The van der Waals surface area contributed by atoms with E-state index >= 15 is 0 Å². The lowest BCUT2D eigenvalue weighted by Gasteiger charge is -2.12. The minimum absolute atomic E-state index is 0.328. The maximum absolute atomic E-state index is 12.4. The predicted octanol–water partition coefficient (Wildman–Crippen LogP) is 0.889. The van der Waals surface area contributed by atoms with E-state index in [0.29, 0.717) is 24.5 Å². The minimum Gasteiger partial charge on any atom is -0.336 e. The Morgan fingerprint density at radius 1 is 1.33 bits per heavy atom. The summed E-state index contributed by atoms with van der Waals surface area (Å²) in [6, 6.07) is 5.33. The van der Waals surface area contributed by atoms with Crippen molar-refractivity contribution in [3.8, 4) is 0 Å². The van der Waals surface area contributed by atoms with Crippen LogP contribution in [0, 0.1) is 6.92 Å². The molecule has 0 unspecified atom stereocenters. The van der Waals surface area contributed by atoms with Gasteiger partial charge in [-0.15, -0.1) is 0 Å². The molecule has 0 saturated heterocycles. The number of rotatable bonds is 7. The van der Waals surface area contributed by atoms with Gasteiger partial charge in [0.25, 0.3) is 0 Å². The van der Waals surface area contributed by atoms with E-state index in [1.54, 1.807) is 30.9 Å². The summed E-state index contributed by atoms with van der Waals surface area (Å²) in [6.07, 6.45) is 5.13. The molecule has 0 amide bonds. The van der Waals surface area contributed by atoms with Gasteiger partial charge in [-0.25, -0.2) is 18.1 Å². The molecule has 1 heterocycles. The van der Waals surface area contributed by atoms with Crippen LogP contribution >= 0.6 is 0 Å². The van der Waals surface area contributed by atoms with Crippen molar-refractivity contribution in [3.05, 3.63) is 48.0 Å². The van der Waals surface area contributed by atoms with Gasteiger partial charge in [-0.05, 0) is 31.2 Å². The Labute approximate surface area is 125 Å². The zero-order valence-corrected chi connectivity index (χ0v) is 13.0. The first-order chi connectivity index (χ1) is 10.0. The Balaban J connectivity index is 2.10. The summed E-state index contributed by atoms with van der Waals surface area (Å²) in [6.45, 7) is 3.35. The van der Waals surface area contributed by atoms with E-state index in [1.807, 2.05) is 24.6 Å². The van der Waals surface area contributed by atoms with Crippen LogP contribution in [-0.4, -0.2) is 31.6 Å². The molecule has 0 atom stereocenters. The number of nitrogens with zero attached hydrogens (tertiary/aromatic N) is 2. The van der Waals surface area contributed by atoms with Gasteiger partial charge in [-0.1, -0.05) is 12.1 Å². The molecule has 1 aromatic carbocycles. The highest BCUT2D eigenvalue weighted by Crippen LogP contribution is 2.18. The molecule has 2 rings (SSSR count). The number of hydrogen-bond donors (Lipinski definition) is 2. The van der Waals surface area contributed by atoms with Gasteiger partial charge in [0.1, 0.15) is 0 Å². The second-order valence-electron chi connectivity index (χ2n) is 4.77. The summed E-state index contributed by atoms with van der Waals surface area (Å²) in [5.74, 6) is 0. The zero-order chi connectivity index (χ0) is 15.3. The van der Waals surface area contributed by atoms with Crippen LogP contribution in [0.1, 0.15) is 11.1 Å². The Hall–Kier alpha value is -1.70. The summed E-state index contributed by atoms with van der Waals surface area (Å²) in [7, 11) is -1.66. The van der Waals surface area contributed by atoms with Crippen LogP contribution in [0.5, 0.6) is 0 Å². The maximum atomic E-state index is 12.4. The van der Waals surface area contributed by atoms with E-state index in [4.69, 9.17) is 0 Å². The maximum Gasteiger partial charge on any atom is 0.240 e. The van der Waals surface area contributed by atoms with Crippen LogP contribution in [0.25, 0.3) is 0 Å². The molecule has 7 heteroatoms. The first-order valence-corrected chi connectivity index (χ1v) is 8.21. The van der Waals surface area contributed by atoms with E-state index < -0.39 is 10.0 Å². The largest absolute Gasteiger partial charge is 0.336 e. The van der Waals surface area contributed by atoms with Crippen molar-refractivity contribution >= 4 is 10.0 Å². The molecule has 0 spiro atoms. The molecule has 0 aliphatic heterocycles. The lowest BCUT2D eigenvalue weighted by molar-refractivity contribution is 0.572. The van der Waals surface area contributed by atoms with Gasteiger partial charge in [-0.2, -0.15) is 0 Å². The highest BCUT2D eigenvalue weighted by molar-refractivity contribution is 7.89. The van der Waals surface area contributed by atoms with E-state index in [2.05, 4.69) is 15.0 Å². The first-order valence-electron chi connectivity index (χ1n) is 6.73. The van der Waals surface area contributed by atoms with Crippen molar-refractivity contribution < 1.29 is 8.42 Å². The van der Waals surface area contributed by atoms with Crippen molar-refractivity contribution in [1.82, 2.24) is 19.6 Å². The lowest BCUT2D eigenvalue weighted by atomic mass is 10.1. The number of sulfonamides is 1. The summed E-state index contributed by atoms with van der Waals surface area (Å²) in [5, 5.41) is 3.04. The van der Waals surface area contributed by atoms with Crippen LogP contribution in [0.2, 0.25) is 0 Å². The quantitative estimate of drug-likeness (QED) is 0.796. The van der Waals surface area contributed by atoms with E-state index in [9.17, 15) is 8.42 Å². The molecular formula is C14H20N4O2S. The number of aromatic nitrogens is 2. The first kappa shape index (κ1) is 15.7. The Morgan fingerprint density at radius 3 is 2.81 bits per heavy atom. The van der Waals surface area contributed by atoms with Gasteiger partial charge in [0, 0.05) is 32.0 Å². The van der Waals surface area contributed by atoms with Crippen molar-refractivity contribution in [2.45, 2.75) is 24.9 Å². The second-order valence-corrected chi connectivity index (χ2v) is 6.50. The highest BCUT2D eigenvalue weighted by atomic mass is 32.2. The molecule has 114 valence electrons. The van der Waals surface area contributed by atoms with Crippen LogP contribution in [0.3, 0.4) is 0 Å². The number of imidazole rings is 1. The molecule has 1 aromatic heterocycles. The number of nitrogens with one attached hydrogen (secondary N) is 2. The minimum atomic E-state index is -3.50. The monoisotopic (exact) mass is 308 g/mol. The van der Waals surface area contributed by atoms with Gasteiger partial charge in [0.05, 0.1) is 11.2 Å². The molecule has 0 aliphatic rings.